The molecule has 1 aliphatic rings. The van der Waals surface area contributed by atoms with Crippen molar-refractivity contribution in [1.29, 1.82) is 0 Å². The number of nitrogens with one attached hydrogen (secondary N) is 1. The lowest BCUT2D eigenvalue weighted by Gasteiger charge is -2.27. The Morgan fingerprint density at radius 3 is 2.57 bits per heavy atom. The molecule has 21 heavy (non-hydrogen) atoms. The highest BCUT2D eigenvalue weighted by Gasteiger charge is 2.19. The highest BCUT2D eigenvalue weighted by Crippen LogP contribution is 2.25. The van der Waals surface area contributed by atoms with Gasteiger partial charge in [0.15, 0.2) is 0 Å². The highest BCUT2D eigenvalue weighted by atomic mass is 79.9. The van der Waals surface area contributed by atoms with Crippen molar-refractivity contribution < 1.29 is 9.84 Å². The number of halogens is 1. The van der Waals surface area contributed by atoms with Gasteiger partial charge in [-0.15, -0.1) is 0 Å². The molecule has 0 heterocycles. The third kappa shape index (κ3) is 6.47. The van der Waals surface area contributed by atoms with E-state index in [0.717, 1.165) is 29.8 Å². The van der Waals surface area contributed by atoms with Crippen LogP contribution in [0.1, 0.15) is 38.2 Å². The molecule has 4 heteroatoms. The van der Waals surface area contributed by atoms with Crippen LogP contribution in [0.15, 0.2) is 28.7 Å². The van der Waals surface area contributed by atoms with Gasteiger partial charge in [-0.2, -0.15) is 0 Å². The van der Waals surface area contributed by atoms with Crippen LogP contribution in [0.2, 0.25) is 0 Å². The van der Waals surface area contributed by atoms with E-state index in [1.54, 1.807) is 0 Å². The number of hydrogen-bond donors (Lipinski definition) is 2. The average Bonchev–Trinajstić information content (AvgIpc) is 2.49. The van der Waals surface area contributed by atoms with Gasteiger partial charge in [0.25, 0.3) is 0 Å². The van der Waals surface area contributed by atoms with Gasteiger partial charge in [0.1, 0.15) is 0 Å². The predicted octanol–water partition coefficient (Wildman–Crippen LogP) is 3.49. The fourth-order valence-corrected chi connectivity index (χ4v) is 2.95. The Morgan fingerprint density at radius 2 is 1.90 bits per heavy atom. The first-order chi connectivity index (χ1) is 10.1. The molecule has 1 atom stereocenters. The second-order valence-electron chi connectivity index (χ2n) is 6.13. The lowest BCUT2D eigenvalue weighted by atomic mass is 9.89. The molecule has 0 aromatic heterocycles. The van der Waals surface area contributed by atoms with E-state index in [1.807, 2.05) is 12.1 Å². The fourth-order valence-electron chi connectivity index (χ4n) is 2.69. The molecule has 0 radical (unpaired) electrons. The molecule has 0 amide bonds. The summed E-state index contributed by atoms with van der Waals surface area (Å²) in [4.78, 5) is 0. The maximum atomic E-state index is 9.96. The van der Waals surface area contributed by atoms with Gasteiger partial charge in [-0.25, -0.2) is 0 Å². The quantitative estimate of drug-likeness (QED) is 0.786. The first-order valence-corrected chi connectivity index (χ1v) is 8.67. The molecule has 1 aromatic rings. The Kier molecular flexibility index (Phi) is 7.17. The van der Waals surface area contributed by atoms with Crippen LogP contribution in [0.3, 0.4) is 0 Å². The lowest BCUT2D eigenvalue weighted by Crippen LogP contribution is -2.32. The normalized spacial score (nSPS) is 24.0. The van der Waals surface area contributed by atoms with Gasteiger partial charge in [-0.05, 0) is 49.3 Å². The van der Waals surface area contributed by atoms with E-state index in [9.17, 15) is 5.11 Å². The summed E-state index contributed by atoms with van der Waals surface area (Å²) in [5.41, 5.74) is 1.22. The summed E-state index contributed by atoms with van der Waals surface area (Å²) in [6.07, 6.45) is 4.70. The van der Waals surface area contributed by atoms with Gasteiger partial charge >= 0.3 is 0 Å². The van der Waals surface area contributed by atoms with Crippen molar-refractivity contribution in [3.63, 3.8) is 0 Å². The first-order valence-electron chi connectivity index (χ1n) is 7.88. The molecule has 2 N–H and O–H groups in total. The summed E-state index contributed by atoms with van der Waals surface area (Å²) >= 11 is 3.42. The number of ether oxygens (including phenoxy) is 1. The number of aliphatic hydroxyl groups is 1. The molecule has 2 rings (SSSR count). The summed E-state index contributed by atoms with van der Waals surface area (Å²) in [5, 5.41) is 13.2. The van der Waals surface area contributed by atoms with Crippen LogP contribution < -0.4 is 5.32 Å². The molecule has 1 saturated carbocycles. The van der Waals surface area contributed by atoms with Gasteiger partial charge in [0, 0.05) is 17.6 Å². The molecule has 1 aromatic carbocycles. The van der Waals surface area contributed by atoms with Gasteiger partial charge < -0.3 is 15.2 Å². The van der Waals surface area contributed by atoms with Gasteiger partial charge in [0.05, 0.1) is 18.8 Å². The van der Waals surface area contributed by atoms with E-state index < -0.39 is 6.10 Å². The summed E-state index contributed by atoms with van der Waals surface area (Å²) in [7, 11) is 0. The number of rotatable bonds is 7. The second kappa shape index (κ2) is 8.89. The zero-order valence-electron chi connectivity index (χ0n) is 12.7. The van der Waals surface area contributed by atoms with Crippen molar-refractivity contribution >= 4 is 15.9 Å². The van der Waals surface area contributed by atoms with Crippen molar-refractivity contribution in [2.75, 3.05) is 13.2 Å². The van der Waals surface area contributed by atoms with Crippen molar-refractivity contribution in [1.82, 2.24) is 5.32 Å². The smallest absolute Gasteiger partial charge is 0.0897 e. The number of aliphatic hydroxyl groups excluding tert-OH is 1. The lowest BCUT2D eigenvalue weighted by molar-refractivity contribution is -0.0278. The Labute approximate surface area is 136 Å². The summed E-state index contributed by atoms with van der Waals surface area (Å²) in [6.45, 7) is 4.08. The van der Waals surface area contributed by atoms with Crippen LogP contribution >= 0.6 is 15.9 Å². The predicted molar refractivity (Wildman–Crippen MR) is 89.2 cm³/mol. The van der Waals surface area contributed by atoms with Crippen molar-refractivity contribution in [3.8, 4) is 0 Å². The van der Waals surface area contributed by atoms with Crippen LogP contribution in [-0.4, -0.2) is 30.5 Å². The molecular weight excluding hydrogens is 330 g/mol. The summed E-state index contributed by atoms with van der Waals surface area (Å²) < 4.78 is 6.90. The van der Waals surface area contributed by atoms with E-state index in [0.29, 0.717) is 19.3 Å². The zero-order valence-corrected chi connectivity index (χ0v) is 14.3. The van der Waals surface area contributed by atoms with E-state index in [2.05, 4.69) is 40.3 Å². The number of benzene rings is 1. The van der Waals surface area contributed by atoms with Crippen LogP contribution in [0.4, 0.5) is 0 Å². The standard InChI is InChI=1S/C17H26BrNO2/c1-13-2-8-17(9-3-13)21-12-16(20)11-19-10-14-4-6-15(18)7-5-14/h4-7,13,16-17,19-20H,2-3,8-12H2,1H3. The second-order valence-corrected chi connectivity index (χ2v) is 7.04. The van der Waals surface area contributed by atoms with Gasteiger partial charge in [-0.1, -0.05) is 35.0 Å². The van der Waals surface area contributed by atoms with E-state index in [-0.39, 0.29) is 0 Å². The molecule has 3 nitrogen and oxygen atoms in total. The van der Waals surface area contributed by atoms with Crippen molar-refractivity contribution in [2.45, 2.75) is 51.4 Å². The van der Waals surface area contributed by atoms with Gasteiger partial charge in [-0.3, -0.25) is 0 Å². The molecule has 1 unspecified atom stereocenters. The molecule has 0 aliphatic heterocycles. The van der Waals surface area contributed by atoms with E-state index in [4.69, 9.17) is 4.74 Å². The monoisotopic (exact) mass is 355 g/mol. The largest absolute Gasteiger partial charge is 0.389 e. The maximum Gasteiger partial charge on any atom is 0.0897 e. The molecule has 0 spiro atoms. The van der Waals surface area contributed by atoms with Crippen LogP contribution in [0.25, 0.3) is 0 Å². The Morgan fingerprint density at radius 1 is 1.24 bits per heavy atom. The minimum Gasteiger partial charge on any atom is -0.389 e. The van der Waals surface area contributed by atoms with Crippen molar-refractivity contribution in [2.24, 2.45) is 5.92 Å². The van der Waals surface area contributed by atoms with Crippen LogP contribution in [-0.2, 0) is 11.3 Å². The molecule has 1 aliphatic carbocycles. The molecule has 0 saturated heterocycles. The minimum atomic E-state index is -0.431. The first kappa shape index (κ1) is 16.9. The minimum absolute atomic E-state index is 0.349. The Bertz CT molecular complexity index is 402. The third-order valence-electron chi connectivity index (χ3n) is 4.11. The fraction of sp³-hybridized carbons (Fsp3) is 0.647. The topological polar surface area (TPSA) is 41.5 Å². The average molecular weight is 356 g/mol. The maximum absolute atomic E-state index is 9.96. The highest BCUT2D eigenvalue weighted by molar-refractivity contribution is 9.10. The van der Waals surface area contributed by atoms with Crippen LogP contribution in [0, 0.1) is 5.92 Å². The molecular formula is C17H26BrNO2. The Balaban J connectivity index is 1.57. The summed E-state index contributed by atoms with van der Waals surface area (Å²) in [6, 6.07) is 8.20. The third-order valence-corrected chi connectivity index (χ3v) is 4.64. The molecule has 118 valence electrons. The Hall–Kier alpha value is -0.420. The van der Waals surface area contributed by atoms with Crippen LogP contribution in [0.5, 0.6) is 0 Å². The van der Waals surface area contributed by atoms with E-state index >= 15 is 0 Å². The van der Waals surface area contributed by atoms with E-state index in [1.165, 1.54) is 18.4 Å². The molecule has 0 bridgehead atoms. The number of hydrogen-bond acceptors (Lipinski definition) is 3. The van der Waals surface area contributed by atoms with Gasteiger partial charge in [0.2, 0.25) is 0 Å². The zero-order chi connectivity index (χ0) is 15.1. The summed E-state index contributed by atoms with van der Waals surface area (Å²) in [5.74, 6) is 0.836. The SMILES string of the molecule is CC1CCC(OCC(O)CNCc2ccc(Br)cc2)CC1. The van der Waals surface area contributed by atoms with Crippen molar-refractivity contribution in [3.05, 3.63) is 34.3 Å². The molecule has 1 fully saturated rings.